The first-order valence-electron chi connectivity index (χ1n) is 19.2. The zero-order chi connectivity index (χ0) is 39.0. The van der Waals surface area contributed by atoms with E-state index in [4.69, 9.17) is 9.15 Å². The first-order valence-corrected chi connectivity index (χ1v) is 19.2. The van der Waals surface area contributed by atoms with Gasteiger partial charge in [0.2, 0.25) is 29.5 Å². The number of ether oxygens (including phenoxy) is 1. The van der Waals surface area contributed by atoms with E-state index < -0.39 is 35.0 Å². The molecule has 4 aliphatic rings. The lowest BCUT2D eigenvalue weighted by molar-refractivity contribution is -0.131. The van der Waals surface area contributed by atoms with Crippen LogP contribution in [0.5, 0.6) is 11.5 Å². The average molecular weight is 756 g/mol. The van der Waals surface area contributed by atoms with Crippen molar-refractivity contribution in [1.82, 2.24) is 4.98 Å². The predicted molar refractivity (Wildman–Crippen MR) is 212 cm³/mol. The third kappa shape index (κ3) is 5.34. The second-order valence-electron chi connectivity index (χ2n) is 15.5. The van der Waals surface area contributed by atoms with Crippen LogP contribution in [0, 0.1) is 29.1 Å². The number of amides is 4. The van der Waals surface area contributed by atoms with Crippen LogP contribution in [0.4, 0.5) is 11.4 Å². The summed E-state index contributed by atoms with van der Waals surface area (Å²) in [4.78, 5) is 65.2. The summed E-state index contributed by atoms with van der Waals surface area (Å²) in [5, 5.41) is 11.8. The van der Waals surface area contributed by atoms with Gasteiger partial charge < -0.3 is 14.3 Å². The van der Waals surface area contributed by atoms with E-state index in [1.165, 1.54) is 9.80 Å². The van der Waals surface area contributed by atoms with E-state index >= 15 is 0 Å². The van der Waals surface area contributed by atoms with Gasteiger partial charge in [-0.3, -0.25) is 24.1 Å². The van der Waals surface area contributed by atoms with Crippen LogP contribution in [0.2, 0.25) is 0 Å². The largest absolute Gasteiger partial charge is 0.508 e. The van der Waals surface area contributed by atoms with Crippen LogP contribution in [0.15, 0.2) is 143 Å². The number of allylic oxidation sites excluding steroid dienone is 2. The molecule has 1 N–H and O–H groups in total. The lowest BCUT2D eigenvalue weighted by Gasteiger charge is -2.49. The molecule has 6 atom stereocenters. The summed E-state index contributed by atoms with van der Waals surface area (Å²) in [6.07, 6.45) is 2.46. The van der Waals surface area contributed by atoms with Gasteiger partial charge in [-0.2, -0.15) is 0 Å². The molecule has 5 aromatic carbocycles. The number of phenols is 1. The van der Waals surface area contributed by atoms with E-state index in [9.17, 15) is 24.3 Å². The Bertz CT molecular complexity index is 2600. The number of phenolic OH excluding ortho intramolecular Hbond substituents is 1. The molecule has 2 aliphatic carbocycles. The fourth-order valence-electron chi connectivity index (χ4n) is 9.78. The lowest BCUT2D eigenvalue weighted by Crippen LogP contribution is -2.48. The maximum atomic E-state index is 14.8. The highest BCUT2D eigenvalue weighted by molar-refractivity contribution is 6.25. The van der Waals surface area contributed by atoms with Gasteiger partial charge in [0.25, 0.3) is 0 Å². The fourth-order valence-corrected chi connectivity index (χ4v) is 9.78. The molecule has 1 saturated carbocycles. The second-order valence-corrected chi connectivity index (χ2v) is 15.5. The van der Waals surface area contributed by atoms with Crippen molar-refractivity contribution in [3.05, 3.63) is 150 Å². The lowest BCUT2D eigenvalue weighted by atomic mass is 9.51. The van der Waals surface area contributed by atoms with Crippen LogP contribution >= 0.6 is 0 Å². The number of fused-ring (bicyclic) bond motifs is 5. The highest BCUT2D eigenvalue weighted by atomic mass is 16.5. The predicted octanol–water partition coefficient (Wildman–Crippen LogP) is 8.21. The van der Waals surface area contributed by atoms with Crippen molar-refractivity contribution < 1.29 is 33.4 Å². The highest BCUT2D eigenvalue weighted by Crippen LogP contribution is 2.64. The van der Waals surface area contributed by atoms with E-state index in [1.54, 1.807) is 73.7 Å². The molecule has 10 rings (SSSR count). The first-order chi connectivity index (χ1) is 27.7. The van der Waals surface area contributed by atoms with Gasteiger partial charge in [-0.1, -0.05) is 78.4 Å². The molecule has 10 nitrogen and oxygen atoms in total. The van der Waals surface area contributed by atoms with Crippen molar-refractivity contribution >= 4 is 46.1 Å². The van der Waals surface area contributed by atoms with Crippen molar-refractivity contribution in [2.45, 2.75) is 32.3 Å². The number of hydrogen-bond acceptors (Lipinski definition) is 8. The number of carbonyl (C=O) groups excluding carboxylic acids is 4. The number of nitrogens with zero attached hydrogens (tertiary/aromatic N) is 3. The SMILES string of the molecule is C[C@@]12C(=O)N(c3ccccc3)C(=O)[C@@H]1C[C@@H]1C(=CC[C@@H]3C(=O)N(c4ccc(-c5nc6ccccc6o5)cc4)C(=O)[C@@H]31)[C@@H]2c1ccc(OCc2ccccc2)cc1O. The zero-order valence-corrected chi connectivity index (χ0v) is 30.9. The minimum Gasteiger partial charge on any atom is -0.508 e. The number of carbonyl (C=O) groups is 4. The molecule has 3 heterocycles. The Morgan fingerprint density at radius 2 is 1.47 bits per heavy atom. The summed E-state index contributed by atoms with van der Waals surface area (Å²) in [5.41, 5.74) is 3.91. The average Bonchev–Trinajstić information content (AvgIpc) is 3.84. The number of aromatic nitrogens is 1. The number of aromatic hydroxyl groups is 1. The molecule has 0 radical (unpaired) electrons. The Labute approximate surface area is 328 Å². The van der Waals surface area contributed by atoms with Gasteiger partial charge in [-0.25, -0.2) is 9.88 Å². The maximum absolute atomic E-state index is 14.8. The minimum atomic E-state index is -1.29. The molecule has 2 aliphatic heterocycles. The van der Waals surface area contributed by atoms with Crippen molar-refractivity contribution in [2.24, 2.45) is 29.1 Å². The number of rotatable bonds is 7. The van der Waals surface area contributed by atoms with Crippen LogP contribution in [0.1, 0.15) is 36.8 Å². The Balaban J connectivity index is 1.01. The van der Waals surface area contributed by atoms with Crippen LogP contribution in [0.25, 0.3) is 22.6 Å². The van der Waals surface area contributed by atoms with Crippen molar-refractivity contribution in [3.63, 3.8) is 0 Å². The summed E-state index contributed by atoms with van der Waals surface area (Å²) < 4.78 is 12.0. The first kappa shape index (κ1) is 34.7. The number of hydrogen-bond donors (Lipinski definition) is 1. The Hall–Kier alpha value is -6.81. The highest BCUT2D eigenvalue weighted by Gasteiger charge is 2.68. The zero-order valence-electron chi connectivity index (χ0n) is 30.9. The van der Waals surface area contributed by atoms with Gasteiger partial charge >= 0.3 is 0 Å². The molecule has 3 fully saturated rings. The van der Waals surface area contributed by atoms with Crippen LogP contribution in [-0.4, -0.2) is 33.7 Å². The monoisotopic (exact) mass is 755 g/mol. The minimum absolute atomic E-state index is 0.0814. The normalized spacial score (nSPS) is 25.4. The van der Waals surface area contributed by atoms with E-state index in [1.807, 2.05) is 66.7 Å². The van der Waals surface area contributed by atoms with Crippen LogP contribution < -0.4 is 14.5 Å². The van der Waals surface area contributed by atoms with Gasteiger partial charge in [-0.15, -0.1) is 0 Å². The van der Waals surface area contributed by atoms with Crippen molar-refractivity contribution in [1.29, 1.82) is 0 Å². The van der Waals surface area contributed by atoms with Gasteiger partial charge in [0.05, 0.1) is 34.5 Å². The fraction of sp³-hybridized carbons (Fsp3) is 0.213. The summed E-state index contributed by atoms with van der Waals surface area (Å²) in [6.45, 7) is 2.10. The molecule has 6 aromatic rings. The third-order valence-electron chi connectivity index (χ3n) is 12.5. The molecule has 4 amide bonds. The standard InChI is InChI=1S/C47H37N3O7/c1-47-36(44(53)50(46(47)55)29-12-6-3-7-13-29)25-35-32(41(47)33-21-20-31(24-38(33)51)56-26-27-10-4-2-5-11-27)22-23-34-40(35)45(54)49(43(34)52)30-18-16-28(17-19-30)42-48-37-14-8-9-15-39(37)57-42/h2-22,24,34-36,40-41,51H,23,25-26H2,1H3/t34-,35+,36-,40-,41+,47+/m0/s1. The molecule has 57 heavy (non-hydrogen) atoms. The third-order valence-corrected chi connectivity index (χ3v) is 12.5. The molecular formula is C47H37N3O7. The molecule has 0 bridgehead atoms. The van der Waals surface area contributed by atoms with Crippen molar-refractivity contribution in [3.8, 4) is 23.0 Å². The smallest absolute Gasteiger partial charge is 0.241 e. The van der Waals surface area contributed by atoms with Crippen LogP contribution in [-0.2, 0) is 25.8 Å². The maximum Gasteiger partial charge on any atom is 0.241 e. The molecule has 10 heteroatoms. The molecule has 2 saturated heterocycles. The number of oxazole rings is 1. The summed E-state index contributed by atoms with van der Waals surface area (Å²) in [5.74, 6) is -4.10. The number of para-hydroxylation sites is 3. The van der Waals surface area contributed by atoms with Crippen LogP contribution in [0.3, 0.4) is 0 Å². The van der Waals surface area contributed by atoms with Gasteiger partial charge in [-0.05, 0) is 85.8 Å². The van der Waals surface area contributed by atoms with Gasteiger partial charge in [0, 0.05) is 23.1 Å². The van der Waals surface area contributed by atoms with Crippen molar-refractivity contribution in [2.75, 3.05) is 9.80 Å². The van der Waals surface area contributed by atoms with Gasteiger partial charge in [0.15, 0.2) is 5.58 Å². The molecule has 282 valence electrons. The van der Waals surface area contributed by atoms with E-state index in [2.05, 4.69) is 4.98 Å². The van der Waals surface area contributed by atoms with E-state index in [0.717, 1.165) is 16.7 Å². The molecular weight excluding hydrogens is 719 g/mol. The Morgan fingerprint density at radius 3 is 2.21 bits per heavy atom. The Kier molecular flexibility index (Phi) is 8.00. The second kappa shape index (κ2) is 13.2. The quantitative estimate of drug-likeness (QED) is 0.128. The summed E-state index contributed by atoms with van der Waals surface area (Å²) >= 11 is 0. The number of imide groups is 2. The van der Waals surface area contributed by atoms with Gasteiger partial charge in [0.1, 0.15) is 23.6 Å². The summed E-state index contributed by atoms with van der Waals surface area (Å²) in [6, 6.07) is 38.1. The van der Waals surface area contributed by atoms with E-state index in [-0.39, 0.29) is 42.2 Å². The number of anilines is 2. The Morgan fingerprint density at radius 1 is 0.772 bits per heavy atom. The topological polar surface area (TPSA) is 130 Å². The molecule has 1 aromatic heterocycles. The van der Waals surface area contributed by atoms with E-state index in [0.29, 0.717) is 46.3 Å². The molecule has 0 unspecified atom stereocenters. The molecule has 0 spiro atoms. The summed E-state index contributed by atoms with van der Waals surface area (Å²) in [7, 11) is 0. The number of benzene rings is 5.